The first-order valence-electron chi connectivity index (χ1n) is 21.8. The second-order valence-electron chi connectivity index (χ2n) is 16.5. The molecule has 0 aliphatic heterocycles. The Hall–Kier alpha value is -8.20. The molecule has 0 amide bonds. The Balaban J connectivity index is 1.05. The summed E-state index contributed by atoms with van der Waals surface area (Å²) in [6.07, 6.45) is 0. The van der Waals surface area contributed by atoms with E-state index in [1.807, 2.05) is 0 Å². The van der Waals surface area contributed by atoms with Crippen LogP contribution in [0.25, 0.3) is 60.9 Å². The maximum atomic E-state index is 2.44. The second kappa shape index (κ2) is 15.1. The summed E-state index contributed by atoms with van der Waals surface area (Å²) >= 11 is 0. The number of anilines is 3. The number of hydrogen-bond donors (Lipinski definition) is 0. The van der Waals surface area contributed by atoms with E-state index in [0.717, 1.165) is 22.7 Å². The van der Waals surface area contributed by atoms with Gasteiger partial charge in [0.1, 0.15) is 0 Å². The van der Waals surface area contributed by atoms with Crippen molar-refractivity contribution in [3.05, 3.63) is 277 Å². The van der Waals surface area contributed by atoms with E-state index in [1.165, 1.54) is 77.4 Å². The van der Waals surface area contributed by atoms with Crippen LogP contribution in [-0.4, -0.2) is 4.57 Å². The third kappa shape index (κ3) is 5.95. The molecule has 0 radical (unpaired) electrons. The van der Waals surface area contributed by atoms with E-state index in [1.54, 1.807) is 0 Å². The van der Waals surface area contributed by atoms with Gasteiger partial charge in [-0.25, -0.2) is 0 Å². The zero-order valence-corrected chi connectivity index (χ0v) is 34.6. The first kappa shape index (κ1) is 36.6. The van der Waals surface area contributed by atoms with E-state index in [9.17, 15) is 0 Å². The van der Waals surface area contributed by atoms with Gasteiger partial charge in [0, 0.05) is 33.5 Å². The summed E-state index contributed by atoms with van der Waals surface area (Å²) in [6.45, 7) is 0. The van der Waals surface area contributed by atoms with Crippen molar-refractivity contribution in [2.45, 2.75) is 5.41 Å². The maximum Gasteiger partial charge on any atom is 0.0714 e. The van der Waals surface area contributed by atoms with Crippen molar-refractivity contribution in [2.75, 3.05) is 4.90 Å². The SMILES string of the molecule is c1ccc(-c2ccc(-c3ccc(N(c4cccc(C5(c6ccccc6)c6ccccc6-c6ccccc65)c4)c4ccc5c(c4)c4ccccc4n5-c4ccccc4)cc3)cc2)cc1. The second-order valence-corrected chi connectivity index (χ2v) is 16.5. The molecule has 296 valence electrons. The van der Waals surface area contributed by atoms with Crippen LogP contribution in [0.3, 0.4) is 0 Å². The van der Waals surface area contributed by atoms with E-state index >= 15 is 0 Å². The molecule has 10 aromatic carbocycles. The van der Waals surface area contributed by atoms with Gasteiger partial charge in [0.15, 0.2) is 0 Å². The zero-order chi connectivity index (χ0) is 41.7. The molecule has 0 saturated heterocycles. The van der Waals surface area contributed by atoms with Gasteiger partial charge in [0.2, 0.25) is 0 Å². The molecule has 63 heavy (non-hydrogen) atoms. The van der Waals surface area contributed by atoms with Crippen LogP contribution in [-0.2, 0) is 5.41 Å². The van der Waals surface area contributed by atoms with E-state index in [4.69, 9.17) is 0 Å². The van der Waals surface area contributed by atoms with Crippen molar-refractivity contribution < 1.29 is 0 Å². The van der Waals surface area contributed by atoms with Crippen molar-refractivity contribution in [2.24, 2.45) is 0 Å². The number of para-hydroxylation sites is 2. The fourth-order valence-corrected chi connectivity index (χ4v) is 10.3. The molecule has 2 heteroatoms. The highest BCUT2D eigenvalue weighted by Crippen LogP contribution is 2.56. The van der Waals surface area contributed by atoms with Crippen LogP contribution in [0.4, 0.5) is 17.1 Å². The van der Waals surface area contributed by atoms with Gasteiger partial charge in [-0.3, -0.25) is 0 Å². The van der Waals surface area contributed by atoms with E-state index in [0.29, 0.717) is 0 Å². The van der Waals surface area contributed by atoms with Crippen LogP contribution in [0.1, 0.15) is 22.3 Å². The normalized spacial score (nSPS) is 12.6. The van der Waals surface area contributed by atoms with Gasteiger partial charge in [-0.05, 0) is 116 Å². The van der Waals surface area contributed by atoms with Crippen LogP contribution in [0.5, 0.6) is 0 Å². The summed E-state index contributed by atoms with van der Waals surface area (Å²) in [4.78, 5) is 2.44. The van der Waals surface area contributed by atoms with Gasteiger partial charge in [-0.2, -0.15) is 0 Å². The molecule has 11 aromatic rings. The highest BCUT2D eigenvalue weighted by Gasteiger charge is 2.46. The summed E-state index contributed by atoms with van der Waals surface area (Å²) in [6, 6.07) is 93.3. The lowest BCUT2D eigenvalue weighted by molar-refractivity contribution is 0.768. The third-order valence-electron chi connectivity index (χ3n) is 13.1. The van der Waals surface area contributed by atoms with Crippen molar-refractivity contribution in [1.82, 2.24) is 4.57 Å². The van der Waals surface area contributed by atoms with Crippen LogP contribution >= 0.6 is 0 Å². The van der Waals surface area contributed by atoms with Crippen LogP contribution in [0.15, 0.2) is 255 Å². The number of benzene rings is 10. The monoisotopic (exact) mass is 802 g/mol. The fourth-order valence-electron chi connectivity index (χ4n) is 10.3. The number of hydrogen-bond acceptors (Lipinski definition) is 1. The van der Waals surface area contributed by atoms with Gasteiger partial charge >= 0.3 is 0 Å². The first-order chi connectivity index (χ1) is 31.3. The van der Waals surface area contributed by atoms with E-state index in [2.05, 4.69) is 264 Å². The molecular weight excluding hydrogens is 761 g/mol. The zero-order valence-electron chi connectivity index (χ0n) is 34.6. The minimum Gasteiger partial charge on any atom is -0.310 e. The van der Waals surface area contributed by atoms with Gasteiger partial charge < -0.3 is 9.47 Å². The van der Waals surface area contributed by atoms with Crippen LogP contribution in [0.2, 0.25) is 0 Å². The highest BCUT2D eigenvalue weighted by molar-refractivity contribution is 6.10. The minimum atomic E-state index is -0.515. The molecular formula is C61H42N2. The predicted octanol–water partition coefficient (Wildman–Crippen LogP) is 16.0. The molecule has 1 heterocycles. The molecule has 1 aromatic heterocycles. The predicted molar refractivity (Wildman–Crippen MR) is 264 cm³/mol. The van der Waals surface area contributed by atoms with Crippen LogP contribution in [0, 0.1) is 0 Å². The molecule has 0 fully saturated rings. The lowest BCUT2D eigenvalue weighted by Crippen LogP contribution is -2.28. The van der Waals surface area contributed by atoms with Gasteiger partial charge in [-0.1, -0.05) is 194 Å². The number of rotatable bonds is 8. The Labute approximate surface area is 368 Å². The quantitative estimate of drug-likeness (QED) is 0.149. The Morgan fingerprint density at radius 3 is 1.44 bits per heavy atom. The first-order valence-corrected chi connectivity index (χ1v) is 21.8. The average Bonchev–Trinajstić information content (AvgIpc) is 3.86. The molecule has 1 aliphatic carbocycles. The van der Waals surface area contributed by atoms with Gasteiger partial charge in [-0.15, -0.1) is 0 Å². The average molecular weight is 803 g/mol. The Morgan fingerprint density at radius 2 is 0.778 bits per heavy atom. The molecule has 0 bridgehead atoms. The Bertz CT molecular complexity index is 3380. The summed E-state index contributed by atoms with van der Waals surface area (Å²) in [5.74, 6) is 0. The van der Waals surface area contributed by atoms with E-state index < -0.39 is 5.41 Å². The van der Waals surface area contributed by atoms with Crippen LogP contribution < -0.4 is 4.90 Å². The van der Waals surface area contributed by atoms with Crippen molar-refractivity contribution in [3.8, 4) is 39.1 Å². The maximum absolute atomic E-state index is 2.44. The lowest BCUT2D eigenvalue weighted by atomic mass is 9.67. The minimum absolute atomic E-state index is 0.515. The summed E-state index contributed by atoms with van der Waals surface area (Å²) in [5.41, 5.74) is 18.7. The standard InChI is InChI=1S/C61H42N2/c1-4-17-43(18-5-1)44-31-33-45(34-32-44)46-35-37-50(38-36-46)62(52-39-40-60-56(42-52)55-27-12-15-30-59(55)63(60)49-22-8-3-9-23-49)51-24-16-21-48(41-51)61(47-19-6-2-7-20-47)57-28-13-10-25-53(57)54-26-11-14-29-58(54)61/h1-42H. The fraction of sp³-hybridized carbons (Fsp3) is 0.0164. The van der Waals surface area contributed by atoms with Crippen molar-refractivity contribution in [3.63, 3.8) is 0 Å². The number of fused-ring (bicyclic) bond motifs is 6. The molecule has 0 atom stereocenters. The molecule has 2 nitrogen and oxygen atoms in total. The molecule has 0 N–H and O–H groups in total. The molecule has 0 spiro atoms. The Kier molecular flexibility index (Phi) is 8.76. The van der Waals surface area contributed by atoms with E-state index in [-0.39, 0.29) is 0 Å². The highest BCUT2D eigenvalue weighted by atomic mass is 15.1. The molecule has 0 unspecified atom stereocenters. The summed E-state index contributed by atoms with van der Waals surface area (Å²) in [7, 11) is 0. The molecule has 12 rings (SSSR count). The van der Waals surface area contributed by atoms with Gasteiger partial charge in [0.05, 0.1) is 16.4 Å². The smallest absolute Gasteiger partial charge is 0.0714 e. The van der Waals surface area contributed by atoms with Gasteiger partial charge in [0.25, 0.3) is 0 Å². The number of nitrogens with zero attached hydrogens (tertiary/aromatic N) is 2. The van der Waals surface area contributed by atoms with Crippen molar-refractivity contribution in [1.29, 1.82) is 0 Å². The lowest BCUT2D eigenvalue weighted by Gasteiger charge is -2.35. The third-order valence-corrected chi connectivity index (χ3v) is 13.1. The molecule has 0 saturated carbocycles. The summed E-state index contributed by atoms with van der Waals surface area (Å²) in [5, 5.41) is 2.44. The summed E-state index contributed by atoms with van der Waals surface area (Å²) < 4.78 is 2.38. The topological polar surface area (TPSA) is 8.17 Å². The Morgan fingerprint density at radius 1 is 0.302 bits per heavy atom. The number of aromatic nitrogens is 1. The largest absolute Gasteiger partial charge is 0.310 e. The molecule has 1 aliphatic rings. The van der Waals surface area contributed by atoms with Crippen molar-refractivity contribution >= 4 is 38.9 Å².